The number of nitrogens with zero attached hydrogens (tertiary/aromatic N) is 4. The number of nitriles is 1. The summed E-state index contributed by atoms with van der Waals surface area (Å²) in [6, 6.07) is 10.1. The molecule has 0 radical (unpaired) electrons. The minimum absolute atomic E-state index is 0.417. The molecule has 26 heavy (non-hydrogen) atoms. The molecule has 0 amide bonds. The number of anilines is 1. The number of aromatic nitrogens is 3. The minimum atomic E-state index is 0.417. The second-order valence-electron chi connectivity index (χ2n) is 6.45. The zero-order valence-corrected chi connectivity index (χ0v) is 15.2. The molecule has 4 rings (SSSR count). The van der Waals surface area contributed by atoms with Gasteiger partial charge in [-0.25, -0.2) is 4.98 Å². The van der Waals surface area contributed by atoms with Crippen LogP contribution in [0.2, 0.25) is 0 Å². The van der Waals surface area contributed by atoms with Crippen molar-refractivity contribution in [3.05, 3.63) is 47.3 Å². The van der Waals surface area contributed by atoms with E-state index in [-0.39, 0.29) is 0 Å². The molecule has 0 aliphatic carbocycles. The lowest BCUT2D eigenvalue weighted by atomic mass is 10.1. The Kier molecular flexibility index (Phi) is 3.41. The summed E-state index contributed by atoms with van der Waals surface area (Å²) in [5.41, 5.74) is 12.5. The lowest BCUT2D eigenvalue weighted by Crippen LogP contribution is -2.06. The van der Waals surface area contributed by atoms with Gasteiger partial charge in [-0.05, 0) is 37.6 Å². The van der Waals surface area contributed by atoms with E-state index in [1.807, 2.05) is 54.3 Å². The molecule has 2 aromatic heterocycles. The summed E-state index contributed by atoms with van der Waals surface area (Å²) < 4.78 is 9.40. The van der Waals surface area contributed by atoms with Crippen molar-refractivity contribution in [2.75, 3.05) is 12.8 Å². The Bertz CT molecular complexity index is 1220. The van der Waals surface area contributed by atoms with Crippen LogP contribution < -0.4 is 10.5 Å². The molecule has 0 unspecified atom stereocenters. The van der Waals surface area contributed by atoms with Crippen LogP contribution >= 0.6 is 0 Å². The molecule has 4 aromatic rings. The minimum Gasteiger partial charge on any atom is -0.496 e. The van der Waals surface area contributed by atoms with Crippen molar-refractivity contribution in [3.8, 4) is 17.5 Å². The van der Waals surface area contributed by atoms with Crippen molar-refractivity contribution < 1.29 is 4.74 Å². The molecule has 6 heteroatoms. The number of rotatable bonds is 2. The van der Waals surface area contributed by atoms with Crippen molar-refractivity contribution in [3.63, 3.8) is 0 Å². The quantitative estimate of drug-likeness (QED) is 0.602. The van der Waals surface area contributed by atoms with Crippen LogP contribution in [-0.2, 0) is 7.05 Å². The molecule has 0 spiro atoms. The summed E-state index contributed by atoms with van der Waals surface area (Å²) in [5, 5.41) is 10.5. The molecule has 0 aliphatic rings. The van der Waals surface area contributed by atoms with Gasteiger partial charge in [0.15, 0.2) is 0 Å². The normalized spacial score (nSPS) is 11.2. The SMILES string of the molecule is COc1ccc(C)c(-n2c(N)c(C#N)c3ccc4c(ncn4C)c32)c1C. The van der Waals surface area contributed by atoms with E-state index >= 15 is 0 Å². The standard InChI is InChI=1S/C20H19N5O/c1-11-5-8-16(26-4)12(2)18(11)25-19-13(14(9-21)20(25)22)6-7-15-17(19)23-10-24(15)3/h5-8,10H,22H2,1-4H3. The summed E-state index contributed by atoms with van der Waals surface area (Å²) in [6.07, 6.45) is 1.77. The number of methoxy groups -OCH3 is 1. The average molecular weight is 345 g/mol. The molecule has 130 valence electrons. The highest BCUT2D eigenvalue weighted by Gasteiger charge is 2.22. The maximum absolute atomic E-state index is 9.70. The predicted molar refractivity (Wildman–Crippen MR) is 103 cm³/mol. The first-order chi connectivity index (χ1) is 12.5. The van der Waals surface area contributed by atoms with Gasteiger partial charge < -0.3 is 15.0 Å². The molecule has 0 atom stereocenters. The van der Waals surface area contributed by atoms with Crippen LogP contribution in [0.1, 0.15) is 16.7 Å². The Hall–Kier alpha value is -3.46. The molecule has 0 aliphatic heterocycles. The van der Waals surface area contributed by atoms with Gasteiger partial charge in [0, 0.05) is 18.0 Å². The first-order valence-electron chi connectivity index (χ1n) is 8.28. The van der Waals surface area contributed by atoms with Gasteiger partial charge in [0.2, 0.25) is 0 Å². The van der Waals surface area contributed by atoms with Crippen molar-refractivity contribution in [1.82, 2.24) is 14.1 Å². The van der Waals surface area contributed by atoms with Gasteiger partial charge in [-0.2, -0.15) is 5.26 Å². The molecule has 2 aromatic carbocycles. The van der Waals surface area contributed by atoms with Gasteiger partial charge in [-0.3, -0.25) is 4.57 Å². The van der Waals surface area contributed by atoms with Crippen LogP contribution in [0.4, 0.5) is 5.82 Å². The summed E-state index contributed by atoms with van der Waals surface area (Å²) in [5.74, 6) is 1.19. The van der Waals surface area contributed by atoms with Crippen molar-refractivity contribution in [2.45, 2.75) is 13.8 Å². The highest BCUT2D eigenvalue weighted by Crippen LogP contribution is 2.38. The van der Waals surface area contributed by atoms with E-state index in [0.717, 1.165) is 44.5 Å². The molecular weight excluding hydrogens is 326 g/mol. The zero-order valence-electron chi connectivity index (χ0n) is 15.2. The topological polar surface area (TPSA) is 81.8 Å². The number of hydrogen-bond donors (Lipinski definition) is 1. The number of benzene rings is 2. The molecule has 0 saturated carbocycles. The van der Waals surface area contributed by atoms with Crippen LogP contribution in [-0.4, -0.2) is 21.2 Å². The van der Waals surface area contributed by atoms with E-state index in [1.165, 1.54) is 0 Å². The third kappa shape index (κ3) is 1.94. The lowest BCUT2D eigenvalue weighted by Gasteiger charge is -2.17. The number of ether oxygens (including phenoxy) is 1. The number of hydrogen-bond acceptors (Lipinski definition) is 4. The molecule has 0 saturated heterocycles. The second kappa shape index (κ2) is 5.53. The van der Waals surface area contributed by atoms with Crippen LogP contribution in [0.15, 0.2) is 30.6 Å². The molecule has 0 bridgehead atoms. The van der Waals surface area contributed by atoms with Gasteiger partial charge in [-0.15, -0.1) is 0 Å². The van der Waals surface area contributed by atoms with Crippen molar-refractivity contribution >= 4 is 27.8 Å². The molecule has 2 heterocycles. The number of fused-ring (bicyclic) bond motifs is 3. The summed E-state index contributed by atoms with van der Waals surface area (Å²) in [6.45, 7) is 4.02. The van der Waals surface area contributed by atoms with Crippen LogP contribution in [0, 0.1) is 25.2 Å². The number of nitrogens with two attached hydrogens (primary N) is 1. The monoisotopic (exact) mass is 345 g/mol. The Morgan fingerprint density at radius 3 is 2.65 bits per heavy atom. The summed E-state index contributed by atoms with van der Waals surface area (Å²) in [7, 11) is 3.60. The van der Waals surface area contributed by atoms with Crippen molar-refractivity contribution in [1.29, 1.82) is 5.26 Å². The van der Waals surface area contributed by atoms with E-state index in [0.29, 0.717) is 11.4 Å². The maximum atomic E-state index is 9.70. The highest BCUT2D eigenvalue weighted by atomic mass is 16.5. The molecular formula is C20H19N5O. The van der Waals surface area contributed by atoms with Crippen LogP contribution in [0.3, 0.4) is 0 Å². The van der Waals surface area contributed by atoms with E-state index in [9.17, 15) is 5.26 Å². The van der Waals surface area contributed by atoms with E-state index in [2.05, 4.69) is 11.1 Å². The van der Waals surface area contributed by atoms with E-state index < -0.39 is 0 Å². The lowest BCUT2D eigenvalue weighted by molar-refractivity contribution is 0.411. The van der Waals surface area contributed by atoms with Gasteiger partial charge in [-0.1, -0.05) is 6.07 Å². The van der Waals surface area contributed by atoms with Crippen molar-refractivity contribution in [2.24, 2.45) is 7.05 Å². The third-order valence-corrected chi connectivity index (χ3v) is 5.00. The number of imidazole rings is 1. The number of nitrogen functional groups attached to an aromatic ring is 1. The largest absolute Gasteiger partial charge is 0.496 e. The molecule has 6 nitrogen and oxygen atoms in total. The zero-order chi connectivity index (χ0) is 18.6. The number of aryl methyl sites for hydroxylation is 2. The highest BCUT2D eigenvalue weighted by molar-refractivity contribution is 6.08. The Morgan fingerprint density at radius 1 is 1.19 bits per heavy atom. The van der Waals surface area contributed by atoms with Gasteiger partial charge in [0.05, 0.1) is 30.2 Å². The predicted octanol–water partition coefficient (Wildman–Crippen LogP) is 3.60. The van der Waals surface area contributed by atoms with Gasteiger partial charge in [0.1, 0.15) is 28.7 Å². The third-order valence-electron chi connectivity index (χ3n) is 5.00. The summed E-state index contributed by atoms with van der Waals surface area (Å²) >= 11 is 0. The second-order valence-corrected chi connectivity index (χ2v) is 6.45. The molecule has 2 N–H and O–H groups in total. The Morgan fingerprint density at radius 2 is 1.96 bits per heavy atom. The average Bonchev–Trinajstić information content (AvgIpc) is 3.13. The Labute approximate surface area is 151 Å². The van der Waals surface area contributed by atoms with Gasteiger partial charge in [0.25, 0.3) is 0 Å². The first-order valence-corrected chi connectivity index (χ1v) is 8.28. The summed E-state index contributed by atoms with van der Waals surface area (Å²) in [4.78, 5) is 4.57. The first kappa shape index (κ1) is 16.0. The van der Waals surface area contributed by atoms with Crippen LogP contribution in [0.25, 0.3) is 27.6 Å². The smallest absolute Gasteiger partial charge is 0.127 e. The fourth-order valence-electron chi connectivity index (χ4n) is 3.72. The fourth-order valence-corrected chi connectivity index (χ4v) is 3.72. The van der Waals surface area contributed by atoms with E-state index in [4.69, 9.17) is 10.5 Å². The van der Waals surface area contributed by atoms with Crippen LogP contribution in [0.5, 0.6) is 5.75 Å². The maximum Gasteiger partial charge on any atom is 0.127 e. The van der Waals surface area contributed by atoms with E-state index in [1.54, 1.807) is 13.4 Å². The Balaban J connectivity index is 2.26. The van der Waals surface area contributed by atoms with Gasteiger partial charge >= 0.3 is 0 Å². The molecule has 0 fully saturated rings. The fraction of sp³-hybridized carbons (Fsp3) is 0.200.